The molecule has 1 rings (SSSR count). The molecule has 0 aliphatic carbocycles. The van der Waals surface area contributed by atoms with Gasteiger partial charge in [-0.25, -0.2) is 14.4 Å². The number of ether oxygens (including phenoxy) is 1. The molecule has 0 bridgehead atoms. The van der Waals surface area contributed by atoms with Crippen molar-refractivity contribution in [1.29, 1.82) is 0 Å². The first-order valence-corrected chi connectivity index (χ1v) is 4.75. The zero-order chi connectivity index (χ0) is 13.0. The zero-order valence-electron chi connectivity index (χ0n) is 8.97. The average Bonchev–Trinajstić information content (AvgIpc) is 2.28. The Hall–Kier alpha value is -2.37. The third-order valence-corrected chi connectivity index (χ3v) is 1.99. The molecule has 0 saturated carbocycles. The smallest absolute Gasteiger partial charge is 0.338 e. The van der Waals surface area contributed by atoms with Gasteiger partial charge in [-0.15, -0.1) is 0 Å². The Bertz CT molecular complexity index is 477. The van der Waals surface area contributed by atoms with E-state index >= 15 is 0 Å². The summed E-state index contributed by atoms with van der Waals surface area (Å²) < 4.78 is 4.68. The van der Waals surface area contributed by atoms with E-state index in [9.17, 15) is 14.4 Å². The summed E-state index contributed by atoms with van der Waals surface area (Å²) in [6.45, 7) is 1.77. The molecule has 0 heterocycles. The second kappa shape index (κ2) is 5.11. The predicted octanol–water partition coefficient (Wildman–Crippen LogP) is 1.26. The number of carbonyl (C=O) groups is 3. The average molecular weight is 238 g/mol. The SMILES string of the molecule is CCOC(=O)c1ccc(C(=O)O)c(C(=O)O)c1. The molecule has 0 fully saturated rings. The largest absolute Gasteiger partial charge is 0.478 e. The molecule has 0 amide bonds. The standard InChI is InChI=1S/C11H10O6/c1-2-17-11(16)6-3-4-7(9(12)13)8(5-6)10(14)15/h3-5H,2H2,1H3,(H,12,13)(H,14,15). The van der Waals surface area contributed by atoms with E-state index in [1.54, 1.807) is 6.92 Å². The zero-order valence-corrected chi connectivity index (χ0v) is 8.97. The van der Waals surface area contributed by atoms with Gasteiger partial charge in [-0.2, -0.15) is 0 Å². The number of hydrogen-bond acceptors (Lipinski definition) is 4. The lowest BCUT2D eigenvalue weighted by molar-refractivity contribution is 0.0525. The van der Waals surface area contributed by atoms with Gasteiger partial charge in [0, 0.05) is 0 Å². The quantitative estimate of drug-likeness (QED) is 0.766. The molecule has 0 aliphatic heterocycles. The number of aromatic carboxylic acids is 2. The van der Waals surface area contributed by atoms with Crippen molar-refractivity contribution in [2.24, 2.45) is 0 Å². The van der Waals surface area contributed by atoms with Crippen LogP contribution in [0.25, 0.3) is 0 Å². The fourth-order valence-electron chi connectivity index (χ4n) is 1.25. The molecule has 2 N–H and O–H groups in total. The summed E-state index contributed by atoms with van der Waals surface area (Å²) in [6.07, 6.45) is 0. The Balaban J connectivity index is 3.23. The number of hydrogen-bond donors (Lipinski definition) is 2. The van der Waals surface area contributed by atoms with Crippen molar-refractivity contribution in [2.75, 3.05) is 6.61 Å². The Morgan fingerprint density at radius 1 is 1.12 bits per heavy atom. The summed E-state index contributed by atoms with van der Waals surface area (Å²) in [6, 6.07) is 3.27. The van der Waals surface area contributed by atoms with Crippen LogP contribution in [0.1, 0.15) is 38.0 Å². The van der Waals surface area contributed by atoms with Crippen LogP contribution in [0.3, 0.4) is 0 Å². The summed E-state index contributed by atoms with van der Waals surface area (Å²) in [5, 5.41) is 17.6. The van der Waals surface area contributed by atoms with Gasteiger partial charge in [0.1, 0.15) is 0 Å². The lowest BCUT2D eigenvalue weighted by atomic mass is 10.0. The van der Waals surface area contributed by atoms with Crippen molar-refractivity contribution in [3.05, 3.63) is 34.9 Å². The summed E-state index contributed by atoms with van der Waals surface area (Å²) in [7, 11) is 0. The van der Waals surface area contributed by atoms with Crippen molar-refractivity contribution in [3.63, 3.8) is 0 Å². The van der Waals surface area contributed by atoms with E-state index in [1.807, 2.05) is 0 Å². The normalized spacial score (nSPS) is 9.71. The molecule has 0 unspecified atom stereocenters. The number of esters is 1. The lowest BCUT2D eigenvalue weighted by Crippen LogP contribution is -2.11. The Morgan fingerprint density at radius 3 is 2.18 bits per heavy atom. The maximum atomic E-state index is 11.3. The van der Waals surface area contributed by atoms with Crippen molar-refractivity contribution in [1.82, 2.24) is 0 Å². The van der Waals surface area contributed by atoms with E-state index in [-0.39, 0.29) is 17.7 Å². The van der Waals surface area contributed by atoms with Crippen molar-refractivity contribution in [3.8, 4) is 0 Å². The minimum absolute atomic E-state index is 0.00856. The topological polar surface area (TPSA) is 101 Å². The molecule has 0 aromatic heterocycles. The molecule has 17 heavy (non-hydrogen) atoms. The fourth-order valence-corrected chi connectivity index (χ4v) is 1.25. The first-order valence-electron chi connectivity index (χ1n) is 4.75. The molecule has 0 atom stereocenters. The van der Waals surface area contributed by atoms with E-state index in [0.29, 0.717) is 0 Å². The number of carboxylic acid groups (broad SMARTS) is 2. The maximum absolute atomic E-state index is 11.3. The molecule has 1 aromatic carbocycles. The van der Waals surface area contributed by atoms with Crippen LogP contribution < -0.4 is 0 Å². The minimum atomic E-state index is -1.41. The molecule has 1 aromatic rings. The summed E-state index contributed by atoms with van der Waals surface area (Å²) in [5.74, 6) is -3.46. The second-order valence-corrected chi connectivity index (χ2v) is 3.09. The van der Waals surface area contributed by atoms with Crippen LogP contribution in [0.5, 0.6) is 0 Å². The van der Waals surface area contributed by atoms with E-state index in [0.717, 1.165) is 12.1 Å². The highest BCUT2D eigenvalue weighted by Gasteiger charge is 2.18. The van der Waals surface area contributed by atoms with E-state index < -0.39 is 23.5 Å². The number of rotatable bonds is 4. The van der Waals surface area contributed by atoms with Gasteiger partial charge in [-0.1, -0.05) is 0 Å². The van der Waals surface area contributed by atoms with Crippen molar-refractivity contribution in [2.45, 2.75) is 6.92 Å². The van der Waals surface area contributed by atoms with Crippen molar-refractivity contribution >= 4 is 17.9 Å². The summed E-state index contributed by atoms with van der Waals surface area (Å²) in [5.41, 5.74) is -0.803. The molecule has 90 valence electrons. The Kier molecular flexibility index (Phi) is 3.82. The third-order valence-electron chi connectivity index (χ3n) is 1.99. The van der Waals surface area contributed by atoms with Gasteiger partial charge >= 0.3 is 17.9 Å². The van der Waals surface area contributed by atoms with Crippen LogP contribution in [-0.2, 0) is 4.74 Å². The van der Waals surface area contributed by atoms with Gasteiger partial charge < -0.3 is 14.9 Å². The first kappa shape index (κ1) is 12.7. The van der Waals surface area contributed by atoms with Gasteiger partial charge in [-0.3, -0.25) is 0 Å². The number of carboxylic acids is 2. The molecule has 0 spiro atoms. The summed E-state index contributed by atoms with van der Waals surface area (Å²) in [4.78, 5) is 32.9. The van der Waals surface area contributed by atoms with Crippen LogP contribution in [0.2, 0.25) is 0 Å². The Labute approximate surface area is 96.4 Å². The maximum Gasteiger partial charge on any atom is 0.338 e. The van der Waals surface area contributed by atoms with Gasteiger partial charge in [-0.05, 0) is 25.1 Å². The monoisotopic (exact) mass is 238 g/mol. The van der Waals surface area contributed by atoms with Crippen LogP contribution in [0.4, 0.5) is 0 Å². The fraction of sp³-hybridized carbons (Fsp3) is 0.182. The highest BCUT2D eigenvalue weighted by Crippen LogP contribution is 2.13. The van der Waals surface area contributed by atoms with E-state index in [4.69, 9.17) is 10.2 Å². The first-order chi connectivity index (χ1) is 7.97. The van der Waals surface area contributed by atoms with Gasteiger partial charge in [0.15, 0.2) is 0 Å². The molecule has 0 radical (unpaired) electrons. The highest BCUT2D eigenvalue weighted by atomic mass is 16.5. The van der Waals surface area contributed by atoms with Gasteiger partial charge in [0.05, 0.1) is 23.3 Å². The van der Waals surface area contributed by atoms with Crippen LogP contribution >= 0.6 is 0 Å². The predicted molar refractivity (Wildman–Crippen MR) is 56.3 cm³/mol. The third kappa shape index (κ3) is 2.81. The number of benzene rings is 1. The highest BCUT2D eigenvalue weighted by molar-refractivity contribution is 6.03. The molecular weight excluding hydrogens is 228 g/mol. The minimum Gasteiger partial charge on any atom is -0.478 e. The molecule has 0 aliphatic rings. The van der Waals surface area contributed by atoms with Crippen LogP contribution in [0.15, 0.2) is 18.2 Å². The molecular formula is C11H10O6. The second-order valence-electron chi connectivity index (χ2n) is 3.09. The van der Waals surface area contributed by atoms with Crippen molar-refractivity contribution < 1.29 is 29.3 Å². The van der Waals surface area contributed by atoms with E-state index in [1.165, 1.54) is 6.07 Å². The van der Waals surface area contributed by atoms with E-state index in [2.05, 4.69) is 4.74 Å². The summed E-state index contributed by atoms with van der Waals surface area (Å²) >= 11 is 0. The van der Waals surface area contributed by atoms with Gasteiger partial charge in [0.25, 0.3) is 0 Å². The molecule has 0 saturated heterocycles. The number of carbonyl (C=O) groups excluding carboxylic acids is 1. The molecule has 6 heteroatoms. The van der Waals surface area contributed by atoms with Crippen LogP contribution in [0, 0.1) is 0 Å². The van der Waals surface area contributed by atoms with Gasteiger partial charge in [0.2, 0.25) is 0 Å². The van der Waals surface area contributed by atoms with Crippen LogP contribution in [-0.4, -0.2) is 34.7 Å². The Morgan fingerprint density at radius 2 is 1.71 bits per heavy atom. The molecule has 6 nitrogen and oxygen atoms in total. The lowest BCUT2D eigenvalue weighted by Gasteiger charge is -2.05.